The first-order valence-electron chi connectivity index (χ1n) is 10.7. The van der Waals surface area contributed by atoms with Crippen molar-refractivity contribution in [1.82, 2.24) is 9.80 Å². The summed E-state index contributed by atoms with van der Waals surface area (Å²) in [5.41, 5.74) is 1.29. The summed E-state index contributed by atoms with van der Waals surface area (Å²) in [6.45, 7) is 6.59. The van der Waals surface area contributed by atoms with Crippen LogP contribution in [0.3, 0.4) is 0 Å². The van der Waals surface area contributed by atoms with Gasteiger partial charge < -0.3 is 14.6 Å². The highest BCUT2D eigenvalue weighted by atomic mass is 16.5. The monoisotopic (exact) mass is 374 g/mol. The maximum absolute atomic E-state index is 10.1. The number of hydrogen-bond donors (Lipinski definition) is 1. The fourth-order valence-electron chi connectivity index (χ4n) is 4.97. The predicted molar refractivity (Wildman–Crippen MR) is 106 cm³/mol. The van der Waals surface area contributed by atoms with Crippen LogP contribution < -0.4 is 4.74 Å². The van der Waals surface area contributed by atoms with Crippen LogP contribution in [0.4, 0.5) is 0 Å². The van der Waals surface area contributed by atoms with Crippen molar-refractivity contribution < 1.29 is 14.6 Å². The van der Waals surface area contributed by atoms with Crippen molar-refractivity contribution in [2.45, 2.75) is 63.3 Å². The van der Waals surface area contributed by atoms with Gasteiger partial charge in [-0.1, -0.05) is 24.6 Å². The Morgan fingerprint density at radius 1 is 1.07 bits per heavy atom. The molecule has 3 aliphatic heterocycles. The minimum Gasteiger partial charge on any atom is -0.493 e. The average Bonchev–Trinajstić information content (AvgIpc) is 2.68. The molecule has 3 fully saturated rings. The van der Waals surface area contributed by atoms with Gasteiger partial charge in [-0.3, -0.25) is 9.80 Å². The Hall–Kier alpha value is -1.14. The Morgan fingerprint density at radius 2 is 1.81 bits per heavy atom. The third-order valence-electron chi connectivity index (χ3n) is 6.41. The number of rotatable bonds is 7. The third-order valence-corrected chi connectivity index (χ3v) is 6.41. The highest BCUT2D eigenvalue weighted by Gasteiger charge is 2.37. The molecule has 1 unspecified atom stereocenters. The second-order valence-corrected chi connectivity index (χ2v) is 8.30. The lowest BCUT2D eigenvalue weighted by Crippen LogP contribution is -2.52. The fraction of sp³-hybridized carbons (Fsp3) is 0.727. The molecule has 1 aromatic carbocycles. The number of morpholine rings is 1. The number of ether oxygens (including phenoxy) is 2. The molecule has 3 atom stereocenters. The summed E-state index contributed by atoms with van der Waals surface area (Å²) >= 11 is 0. The molecule has 0 aromatic heterocycles. The van der Waals surface area contributed by atoms with Crippen molar-refractivity contribution >= 4 is 0 Å². The van der Waals surface area contributed by atoms with E-state index in [2.05, 4.69) is 34.1 Å². The molecule has 5 heteroatoms. The van der Waals surface area contributed by atoms with E-state index in [0.717, 1.165) is 71.0 Å². The van der Waals surface area contributed by atoms with Gasteiger partial charge in [0.1, 0.15) is 5.75 Å². The van der Waals surface area contributed by atoms with E-state index in [0.29, 0.717) is 12.1 Å². The lowest BCUT2D eigenvalue weighted by molar-refractivity contribution is -0.0315. The molecule has 0 spiro atoms. The number of nitrogens with zero attached hydrogens (tertiary/aromatic N) is 2. The van der Waals surface area contributed by atoms with E-state index in [1.807, 2.05) is 0 Å². The fourth-order valence-corrected chi connectivity index (χ4v) is 4.97. The Labute approximate surface area is 163 Å². The van der Waals surface area contributed by atoms with Crippen LogP contribution >= 0.6 is 0 Å². The van der Waals surface area contributed by atoms with E-state index >= 15 is 0 Å². The molecule has 3 saturated heterocycles. The summed E-state index contributed by atoms with van der Waals surface area (Å²) < 4.78 is 11.6. The van der Waals surface area contributed by atoms with Crippen molar-refractivity contribution in [3.8, 4) is 5.75 Å². The minimum atomic E-state index is -0.108. The van der Waals surface area contributed by atoms with E-state index < -0.39 is 0 Å². The van der Waals surface area contributed by atoms with Crippen molar-refractivity contribution in [2.24, 2.45) is 0 Å². The van der Waals surface area contributed by atoms with Crippen LogP contribution in [0, 0.1) is 0 Å². The zero-order chi connectivity index (χ0) is 18.5. The zero-order valence-corrected chi connectivity index (χ0v) is 16.4. The topological polar surface area (TPSA) is 45.2 Å². The van der Waals surface area contributed by atoms with E-state index in [-0.39, 0.29) is 6.10 Å². The molecular formula is C22H34N2O3. The summed E-state index contributed by atoms with van der Waals surface area (Å²) in [6.07, 6.45) is 6.54. The molecule has 1 aromatic rings. The van der Waals surface area contributed by atoms with Crippen molar-refractivity contribution in [1.29, 1.82) is 0 Å². The van der Waals surface area contributed by atoms with E-state index in [9.17, 15) is 5.11 Å². The van der Waals surface area contributed by atoms with Crippen LogP contribution in [0.5, 0.6) is 5.75 Å². The van der Waals surface area contributed by atoms with E-state index in [1.165, 1.54) is 24.8 Å². The Bertz CT molecular complexity index is 577. The summed E-state index contributed by atoms with van der Waals surface area (Å²) in [6, 6.07) is 9.56. The molecule has 0 aliphatic carbocycles. The molecule has 0 amide bonds. The van der Waals surface area contributed by atoms with Gasteiger partial charge in [-0.2, -0.15) is 0 Å². The Morgan fingerprint density at radius 3 is 2.59 bits per heavy atom. The maximum atomic E-state index is 10.1. The summed E-state index contributed by atoms with van der Waals surface area (Å²) in [5.74, 6) is 1.03. The number of aliphatic hydroxyl groups is 1. The predicted octanol–water partition coefficient (Wildman–Crippen LogP) is 2.67. The molecule has 27 heavy (non-hydrogen) atoms. The lowest BCUT2D eigenvalue weighted by Gasteiger charge is -2.48. The van der Waals surface area contributed by atoms with Crippen molar-refractivity contribution in [3.63, 3.8) is 0 Å². The van der Waals surface area contributed by atoms with Crippen molar-refractivity contribution in [2.75, 3.05) is 39.5 Å². The first kappa shape index (κ1) is 19.2. The highest BCUT2D eigenvalue weighted by molar-refractivity contribution is 5.33. The second-order valence-electron chi connectivity index (χ2n) is 8.30. The highest BCUT2D eigenvalue weighted by Crippen LogP contribution is 2.36. The first-order valence-corrected chi connectivity index (χ1v) is 10.7. The smallest absolute Gasteiger partial charge is 0.123 e. The molecule has 3 aliphatic rings. The number of benzene rings is 1. The Kier molecular flexibility index (Phi) is 6.66. The van der Waals surface area contributed by atoms with Gasteiger partial charge in [0.15, 0.2) is 0 Å². The largest absolute Gasteiger partial charge is 0.493 e. The van der Waals surface area contributed by atoms with E-state index in [4.69, 9.17) is 9.47 Å². The van der Waals surface area contributed by atoms with Gasteiger partial charge in [0.25, 0.3) is 0 Å². The molecule has 150 valence electrons. The van der Waals surface area contributed by atoms with Crippen LogP contribution in [-0.4, -0.2) is 72.5 Å². The molecule has 4 rings (SSSR count). The van der Waals surface area contributed by atoms with Gasteiger partial charge in [-0.15, -0.1) is 0 Å². The van der Waals surface area contributed by atoms with Gasteiger partial charge in [0.2, 0.25) is 0 Å². The standard InChI is InChI=1S/C22H34N2O3/c25-21-15-19-6-3-7-20(16-21)24(19)17-18-5-1-2-8-22(18)27-12-4-9-23-10-13-26-14-11-23/h1-2,5,8,19-21,25H,3-4,6-7,9-17H2/t19-,20+,21?. The number of piperidine rings is 2. The molecule has 3 heterocycles. The number of aliphatic hydroxyl groups excluding tert-OH is 1. The number of para-hydroxylation sites is 1. The molecule has 0 saturated carbocycles. The maximum Gasteiger partial charge on any atom is 0.123 e. The third kappa shape index (κ3) is 5.02. The zero-order valence-electron chi connectivity index (χ0n) is 16.4. The van der Waals surface area contributed by atoms with Crippen LogP contribution in [0.25, 0.3) is 0 Å². The van der Waals surface area contributed by atoms with Crippen molar-refractivity contribution in [3.05, 3.63) is 29.8 Å². The van der Waals surface area contributed by atoms with Crippen LogP contribution in [0.2, 0.25) is 0 Å². The molecule has 0 radical (unpaired) electrons. The van der Waals surface area contributed by atoms with Crippen LogP contribution in [0.15, 0.2) is 24.3 Å². The molecular weight excluding hydrogens is 340 g/mol. The van der Waals surface area contributed by atoms with Gasteiger partial charge in [0.05, 0.1) is 25.9 Å². The molecule has 2 bridgehead atoms. The normalized spacial score (nSPS) is 29.6. The summed E-state index contributed by atoms with van der Waals surface area (Å²) in [5, 5.41) is 10.1. The number of hydrogen-bond acceptors (Lipinski definition) is 5. The summed E-state index contributed by atoms with van der Waals surface area (Å²) in [7, 11) is 0. The quantitative estimate of drug-likeness (QED) is 0.744. The Balaban J connectivity index is 1.31. The van der Waals surface area contributed by atoms with Crippen LogP contribution in [-0.2, 0) is 11.3 Å². The van der Waals surface area contributed by atoms with Crippen LogP contribution in [0.1, 0.15) is 44.1 Å². The lowest BCUT2D eigenvalue weighted by atomic mass is 9.82. The van der Waals surface area contributed by atoms with Gasteiger partial charge >= 0.3 is 0 Å². The average molecular weight is 375 g/mol. The minimum absolute atomic E-state index is 0.108. The molecule has 1 N–H and O–H groups in total. The first-order chi connectivity index (χ1) is 13.3. The van der Waals surface area contributed by atoms with Gasteiger partial charge in [-0.05, 0) is 38.2 Å². The van der Waals surface area contributed by atoms with Gasteiger partial charge in [0, 0.05) is 43.8 Å². The molecule has 5 nitrogen and oxygen atoms in total. The SMILES string of the molecule is OC1C[C@H]2CCC[C@@H](C1)N2Cc1ccccc1OCCCN1CCOCC1. The summed E-state index contributed by atoms with van der Waals surface area (Å²) in [4.78, 5) is 5.09. The second kappa shape index (κ2) is 9.37. The van der Waals surface area contributed by atoms with E-state index in [1.54, 1.807) is 0 Å². The van der Waals surface area contributed by atoms with Gasteiger partial charge in [-0.25, -0.2) is 0 Å². The number of fused-ring (bicyclic) bond motifs is 2.